The highest BCUT2D eigenvalue weighted by Gasteiger charge is 2.21. The van der Waals surface area contributed by atoms with Gasteiger partial charge in [0, 0.05) is 19.4 Å². The van der Waals surface area contributed by atoms with Crippen molar-refractivity contribution in [2.45, 2.75) is 19.4 Å². The van der Waals surface area contributed by atoms with Gasteiger partial charge in [-0.3, -0.25) is 0 Å². The fraction of sp³-hybridized carbons (Fsp3) is 0.278. The highest BCUT2D eigenvalue weighted by molar-refractivity contribution is 5.44. The Morgan fingerprint density at radius 1 is 1.20 bits per heavy atom. The Hall–Kier alpha value is -2.96. The van der Waals surface area contributed by atoms with Gasteiger partial charge in [0.05, 0.1) is 12.8 Å². The minimum atomic E-state index is -0.433. The third kappa shape index (κ3) is 3.45. The van der Waals surface area contributed by atoms with E-state index in [1.165, 1.54) is 6.33 Å². The average molecular weight is 341 g/mol. The molecule has 1 unspecified atom stereocenters. The van der Waals surface area contributed by atoms with Crippen LogP contribution < -0.4 is 10.1 Å². The van der Waals surface area contributed by atoms with Crippen molar-refractivity contribution in [1.29, 1.82) is 0 Å². The van der Waals surface area contributed by atoms with Gasteiger partial charge >= 0.3 is 0 Å². The van der Waals surface area contributed by atoms with Gasteiger partial charge in [-0.05, 0) is 24.1 Å². The Labute approximate surface area is 145 Å². The first-order chi connectivity index (χ1) is 12.1. The Bertz CT molecular complexity index is 847. The normalized spacial score (nSPS) is 12.0. The number of anilines is 1. The number of aryl methyl sites for hydroxylation is 2. The van der Waals surface area contributed by atoms with Crippen LogP contribution in [0.15, 0.2) is 43.0 Å². The highest BCUT2D eigenvalue weighted by Crippen LogP contribution is 2.27. The lowest BCUT2D eigenvalue weighted by Crippen LogP contribution is -2.19. The van der Waals surface area contributed by atoms with Crippen LogP contribution in [-0.2, 0) is 13.5 Å². The zero-order valence-electron chi connectivity index (χ0n) is 14.4. The SMILES string of the molecule is CCc1ncnc(NC(c2ccc(OC)cc2)c2nccn2C)c1F. The van der Waals surface area contributed by atoms with Crippen LogP contribution in [0.1, 0.15) is 30.0 Å². The molecule has 0 bridgehead atoms. The number of imidazole rings is 1. The van der Waals surface area contributed by atoms with Crippen LogP contribution >= 0.6 is 0 Å². The van der Waals surface area contributed by atoms with E-state index in [-0.39, 0.29) is 11.9 Å². The van der Waals surface area contributed by atoms with Crippen LogP contribution in [0.3, 0.4) is 0 Å². The molecule has 0 aliphatic rings. The summed E-state index contributed by atoms with van der Waals surface area (Å²) in [7, 11) is 3.51. The van der Waals surface area contributed by atoms with Gasteiger partial charge in [0.25, 0.3) is 0 Å². The molecule has 6 nitrogen and oxygen atoms in total. The summed E-state index contributed by atoms with van der Waals surface area (Å²) in [5.41, 5.74) is 1.30. The van der Waals surface area contributed by atoms with Crippen molar-refractivity contribution in [2.24, 2.45) is 7.05 Å². The Balaban J connectivity index is 2.01. The average Bonchev–Trinajstić information content (AvgIpc) is 3.07. The molecule has 1 aromatic carbocycles. The fourth-order valence-electron chi connectivity index (χ4n) is 2.64. The quantitative estimate of drug-likeness (QED) is 0.746. The van der Waals surface area contributed by atoms with E-state index in [2.05, 4.69) is 20.3 Å². The number of hydrogen-bond donors (Lipinski definition) is 1. The van der Waals surface area contributed by atoms with E-state index >= 15 is 0 Å². The van der Waals surface area contributed by atoms with Gasteiger partial charge in [0.2, 0.25) is 0 Å². The number of benzene rings is 1. The molecule has 0 saturated heterocycles. The van der Waals surface area contributed by atoms with Crippen molar-refractivity contribution in [1.82, 2.24) is 19.5 Å². The van der Waals surface area contributed by atoms with E-state index in [1.807, 2.05) is 49.0 Å². The molecule has 0 saturated carbocycles. The van der Waals surface area contributed by atoms with E-state index in [1.54, 1.807) is 13.3 Å². The standard InChI is InChI=1S/C18H20FN5O/c1-4-14-15(19)17(22-11-21-14)23-16(18-20-9-10-24(18)2)12-5-7-13(25-3)8-6-12/h5-11,16H,4H2,1-3H3,(H,21,22,23). The Morgan fingerprint density at radius 2 is 1.96 bits per heavy atom. The van der Waals surface area contributed by atoms with E-state index in [0.29, 0.717) is 12.1 Å². The molecule has 2 heterocycles. The van der Waals surface area contributed by atoms with Gasteiger partial charge in [0.15, 0.2) is 11.6 Å². The second-order valence-electron chi connectivity index (χ2n) is 5.58. The van der Waals surface area contributed by atoms with Crippen LogP contribution in [0.2, 0.25) is 0 Å². The van der Waals surface area contributed by atoms with Crippen molar-refractivity contribution in [3.63, 3.8) is 0 Å². The zero-order chi connectivity index (χ0) is 17.8. The van der Waals surface area contributed by atoms with Crippen LogP contribution in [0.4, 0.5) is 10.2 Å². The number of rotatable bonds is 6. The highest BCUT2D eigenvalue weighted by atomic mass is 19.1. The monoisotopic (exact) mass is 341 g/mol. The van der Waals surface area contributed by atoms with E-state index in [0.717, 1.165) is 17.1 Å². The number of ether oxygens (including phenoxy) is 1. The van der Waals surface area contributed by atoms with Crippen LogP contribution in [0.25, 0.3) is 0 Å². The van der Waals surface area contributed by atoms with Crippen molar-refractivity contribution in [2.75, 3.05) is 12.4 Å². The molecule has 0 amide bonds. The second kappa shape index (κ2) is 7.29. The lowest BCUT2D eigenvalue weighted by Gasteiger charge is -2.20. The number of hydrogen-bond acceptors (Lipinski definition) is 5. The number of methoxy groups -OCH3 is 1. The predicted molar refractivity (Wildman–Crippen MR) is 93.0 cm³/mol. The maximum absolute atomic E-state index is 14.6. The van der Waals surface area contributed by atoms with Crippen LogP contribution in [0, 0.1) is 5.82 Å². The van der Waals surface area contributed by atoms with Gasteiger partial charge in [-0.1, -0.05) is 19.1 Å². The molecule has 1 atom stereocenters. The van der Waals surface area contributed by atoms with Crippen LogP contribution in [0.5, 0.6) is 5.75 Å². The number of halogens is 1. The smallest absolute Gasteiger partial charge is 0.186 e. The molecule has 0 aliphatic carbocycles. The molecule has 130 valence electrons. The summed E-state index contributed by atoms with van der Waals surface area (Å²) in [6, 6.07) is 7.21. The zero-order valence-corrected chi connectivity index (χ0v) is 14.4. The molecule has 25 heavy (non-hydrogen) atoms. The third-order valence-corrected chi connectivity index (χ3v) is 4.04. The second-order valence-corrected chi connectivity index (χ2v) is 5.58. The third-order valence-electron chi connectivity index (χ3n) is 4.04. The minimum absolute atomic E-state index is 0.163. The molecular formula is C18H20FN5O. The lowest BCUT2D eigenvalue weighted by atomic mass is 10.1. The molecule has 0 radical (unpaired) electrons. The molecular weight excluding hydrogens is 321 g/mol. The van der Waals surface area contributed by atoms with Crippen molar-refractivity contribution in [3.05, 3.63) is 65.9 Å². The van der Waals surface area contributed by atoms with Crippen molar-refractivity contribution in [3.8, 4) is 5.75 Å². The summed E-state index contributed by atoms with van der Waals surface area (Å²) >= 11 is 0. The number of nitrogens with zero attached hydrogens (tertiary/aromatic N) is 4. The maximum atomic E-state index is 14.6. The van der Waals surface area contributed by atoms with Gasteiger partial charge in [-0.25, -0.2) is 19.3 Å². The number of nitrogens with one attached hydrogen (secondary N) is 1. The van der Waals surface area contributed by atoms with E-state index < -0.39 is 5.82 Å². The first kappa shape index (κ1) is 16.9. The largest absolute Gasteiger partial charge is 0.497 e. The summed E-state index contributed by atoms with van der Waals surface area (Å²) in [5, 5.41) is 3.17. The molecule has 7 heteroatoms. The Morgan fingerprint density at radius 3 is 2.56 bits per heavy atom. The fourth-order valence-corrected chi connectivity index (χ4v) is 2.64. The first-order valence-corrected chi connectivity index (χ1v) is 8.01. The molecule has 3 rings (SSSR count). The predicted octanol–water partition coefficient (Wildman–Crippen LogP) is 3.12. The molecule has 0 spiro atoms. The van der Waals surface area contributed by atoms with Gasteiger partial charge in [-0.15, -0.1) is 0 Å². The summed E-state index contributed by atoms with van der Waals surface area (Å²) in [5.74, 6) is 1.23. The number of aromatic nitrogens is 4. The van der Waals surface area contributed by atoms with E-state index in [4.69, 9.17) is 4.74 Å². The van der Waals surface area contributed by atoms with Crippen molar-refractivity contribution < 1.29 is 9.13 Å². The molecule has 0 aliphatic heterocycles. The van der Waals surface area contributed by atoms with Crippen LogP contribution in [-0.4, -0.2) is 26.6 Å². The molecule has 3 aromatic rings. The Kier molecular flexibility index (Phi) is 4.92. The maximum Gasteiger partial charge on any atom is 0.186 e. The summed E-state index contributed by atoms with van der Waals surface area (Å²) in [4.78, 5) is 12.5. The van der Waals surface area contributed by atoms with Crippen molar-refractivity contribution >= 4 is 5.82 Å². The lowest BCUT2D eigenvalue weighted by molar-refractivity contribution is 0.414. The summed E-state index contributed by atoms with van der Waals surface area (Å²) in [6.45, 7) is 1.86. The minimum Gasteiger partial charge on any atom is -0.497 e. The van der Waals surface area contributed by atoms with Gasteiger partial charge in [-0.2, -0.15) is 0 Å². The topological polar surface area (TPSA) is 64.9 Å². The molecule has 0 fully saturated rings. The summed E-state index contributed by atoms with van der Waals surface area (Å²) < 4.78 is 21.7. The molecule has 2 aromatic heterocycles. The van der Waals surface area contributed by atoms with Gasteiger partial charge in [0.1, 0.15) is 23.9 Å². The first-order valence-electron chi connectivity index (χ1n) is 8.01. The molecule has 1 N–H and O–H groups in total. The van der Waals surface area contributed by atoms with E-state index in [9.17, 15) is 4.39 Å². The summed E-state index contributed by atoms with van der Waals surface area (Å²) in [6.07, 6.45) is 5.43. The van der Waals surface area contributed by atoms with Gasteiger partial charge < -0.3 is 14.6 Å².